The lowest BCUT2D eigenvalue weighted by Gasteiger charge is -2.41. The Morgan fingerprint density at radius 1 is 0.971 bits per heavy atom. The van der Waals surface area contributed by atoms with Crippen molar-refractivity contribution in [2.45, 2.75) is 77.8 Å². The summed E-state index contributed by atoms with van der Waals surface area (Å²) in [5.41, 5.74) is 3.91. The van der Waals surface area contributed by atoms with Crippen LogP contribution in [0.15, 0.2) is 35.7 Å². The van der Waals surface area contributed by atoms with E-state index in [1.807, 2.05) is 21.1 Å². The minimum Gasteiger partial charge on any atom is -0.341 e. The minimum atomic E-state index is -0.205. The van der Waals surface area contributed by atoms with Gasteiger partial charge < -0.3 is 9.80 Å². The fourth-order valence-corrected chi connectivity index (χ4v) is 6.55. The summed E-state index contributed by atoms with van der Waals surface area (Å²) in [5.74, 6) is 0.448. The number of aryl methyl sites for hydroxylation is 1. The first-order valence-corrected chi connectivity index (χ1v) is 14.3. The Morgan fingerprint density at radius 2 is 1.74 bits per heavy atom. The summed E-state index contributed by atoms with van der Waals surface area (Å²) in [5, 5.41) is 2.19. The highest BCUT2D eigenvalue weighted by atomic mass is 32.1. The second kappa shape index (κ2) is 12.2. The number of hydrogen-bond acceptors (Lipinski definition) is 4. The van der Waals surface area contributed by atoms with Crippen molar-refractivity contribution in [1.29, 1.82) is 0 Å². The van der Waals surface area contributed by atoms with Crippen LogP contribution < -0.4 is 0 Å². The summed E-state index contributed by atoms with van der Waals surface area (Å²) in [4.78, 5) is 34.3. The molecule has 2 atom stereocenters. The number of fused-ring (bicyclic) bond motifs is 1. The first-order valence-electron chi connectivity index (χ1n) is 13.4. The summed E-state index contributed by atoms with van der Waals surface area (Å²) >= 11 is 1.83. The molecule has 0 radical (unpaired) electrons. The Bertz CT molecular complexity index is 1000. The maximum atomic E-state index is 13.8. The number of rotatable bonds is 8. The first-order chi connectivity index (χ1) is 17.0. The predicted octanol–water partition coefficient (Wildman–Crippen LogP) is 5.42. The standard InChI is InChI=1S/C29H41N3O2S/c1-4-5-6-7-13-27(33)30-16-10-17-31(20-19-30)29(34)23(3)32-18-14-26-25(15-21-35-26)28(32)24-12-9-8-11-22(24)2/h8-9,11-12,15,21,23,28H,4-7,10,13-14,16-20H2,1-3H3/t23-,28+/m0/s1. The molecule has 1 fully saturated rings. The van der Waals surface area contributed by atoms with Crippen LogP contribution in [0.5, 0.6) is 0 Å². The molecule has 1 aromatic heterocycles. The van der Waals surface area contributed by atoms with Crippen LogP contribution in [0, 0.1) is 6.92 Å². The average Bonchev–Trinajstić information content (AvgIpc) is 3.21. The van der Waals surface area contributed by atoms with Crippen LogP contribution in [0.1, 0.15) is 80.0 Å². The number of benzene rings is 1. The van der Waals surface area contributed by atoms with Crippen molar-refractivity contribution >= 4 is 23.2 Å². The third-order valence-electron chi connectivity index (χ3n) is 7.75. The SMILES string of the molecule is CCCCCCC(=O)N1CCCN(C(=O)[C@H](C)N2CCc3sccc3[C@H]2c2ccccc2C)CC1. The van der Waals surface area contributed by atoms with E-state index in [2.05, 4.69) is 61.4 Å². The Balaban J connectivity index is 1.44. The lowest BCUT2D eigenvalue weighted by atomic mass is 9.89. The number of carbonyl (C=O) groups is 2. The monoisotopic (exact) mass is 495 g/mol. The third-order valence-corrected chi connectivity index (χ3v) is 8.74. The van der Waals surface area contributed by atoms with Crippen LogP contribution in [-0.4, -0.2) is 65.3 Å². The number of nitrogens with zero attached hydrogens (tertiary/aromatic N) is 3. The molecule has 5 nitrogen and oxygen atoms in total. The third kappa shape index (κ3) is 5.97. The van der Waals surface area contributed by atoms with E-state index < -0.39 is 0 Å². The van der Waals surface area contributed by atoms with Crippen molar-refractivity contribution in [1.82, 2.24) is 14.7 Å². The zero-order valence-corrected chi connectivity index (χ0v) is 22.5. The Kier molecular flexibility index (Phi) is 9.01. The van der Waals surface area contributed by atoms with Crippen molar-refractivity contribution in [2.24, 2.45) is 0 Å². The number of hydrogen-bond donors (Lipinski definition) is 0. The van der Waals surface area contributed by atoms with Gasteiger partial charge in [0.15, 0.2) is 0 Å². The normalized spacial score (nSPS) is 19.8. The molecule has 0 aliphatic carbocycles. The molecule has 2 amide bonds. The second-order valence-corrected chi connectivity index (χ2v) is 11.1. The second-order valence-electron chi connectivity index (χ2n) is 10.1. The molecule has 2 aromatic rings. The number of unbranched alkanes of at least 4 members (excludes halogenated alkanes) is 3. The largest absolute Gasteiger partial charge is 0.341 e. The van der Waals surface area contributed by atoms with Crippen LogP contribution in [-0.2, 0) is 16.0 Å². The molecule has 2 aliphatic heterocycles. The van der Waals surface area contributed by atoms with Gasteiger partial charge >= 0.3 is 0 Å². The zero-order chi connectivity index (χ0) is 24.8. The Hall–Kier alpha value is -2.18. The predicted molar refractivity (Wildman–Crippen MR) is 144 cm³/mol. The summed E-state index contributed by atoms with van der Waals surface area (Å²) in [7, 11) is 0. The Labute approximate surface area is 215 Å². The van der Waals surface area contributed by atoms with Crippen LogP contribution in [0.3, 0.4) is 0 Å². The van der Waals surface area contributed by atoms with E-state index in [1.165, 1.54) is 34.4 Å². The summed E-state index contributed by atoms with van der Waals surface area (Å²) < 4.78 is 0. The molecule has 2 aliphatic rings. The topological polar surface area (TPSA) is 43.9 Å². The van der Waals surface area contributed by atoms with Crippen molar-refractivity contribution in [3.8, 4) is 0 Å². The van der Waals surface area contributed by atoms with E-state index in [0.717, 1.165) is 45.3 Å². The molecule has 190 valence electrons. The minimum absolute atomic E-state index is 0.110. The van der Waals surface area contributed by atoms with E-state index in [1.54, 1.807) is 0 Å². The molecule has 0 N–H and O–H groups in total. The quantitative estimate of drug-likeness (QED) is 0.459. The lowest BCUT2D eigenvalue weighted by Crippen LogP contribution is -2.51. The fourth-order valence-electron chi connectivity index (χ4n) is 5.65. The highest BCUT2D eigenvalue weighted by molar-refractivity contribution is 7.10. The molecular formula is C29H41N3O2S. The number of amides is 2. The van der Waals surface area contributed by atoms with Crippen LogP contribution in [0.25, 0.3) is 0 Å². The zero-order valence-electron chi connectivity index (χ0n) is 21.7. The molecule has 4 rings (SSSR count). The van der Waals surface area contributed by atoms with E-state index in [4.69, 9.17) is 0 Å². The molecule has 3 heterocycles. The van der Waals surface area contributed by atoms with Gasteiger partial charge in [-0.15, -0.1) is 11.3 Å². The number of thiophene rings is 1. The van der Waals surface area contributed by atoms with Gasteiger partial charge in [0.25, 0.3) is 0 Å². The summed E-state index contributed by atoms with van der Waals surface area (Å²) in [6.07, 6.45) is 6.97. The van der Waals surface area contributed by atoms with Crippen LogP contribution in [0.4, 0.5) is 0 Å². The molecule has 1 aromatic carbocycles. The van der Waals surface area contributed by atoms with Crippen molar-refractivity contribution < 1.29 is 9.59 Å². The van der Waals surface area contributed by atoms with Gasteiger partial charge in [0.05, 0.1) is 12.1 Å². The highest BCUT2D eigenvalue weighted by Crippen LogP contribution is 2.40. The van der Waals surface area contributed by atoms with Gasteiger partial charge in [-0.3, -0.25) is 14.5 Å². The lowest BCUT2D eigenvalue weighted by molar-refractivity contribution is -0.138. The van der Waals surface area contributed by atoms with Gasteiger partial charge in [0, 0.05) is 44.0 Å². The molecule has 0 saturated carbocycles. The average molecular weight is 496 g/mol. The summed E-state index contributed by atoms with van der Waals surface area (Å²) in [6, 6.07) is 10.7. The molecular weight excluding hydrogens is 454 g/mol. The highest BCUT2D eigenvalue weighted by Gasteiger charge is 2.37. The van der Waals surface area contributed by atoms with E-state index in [0.29, 0.717) is 19.5 Å². The molecule has 6 heteroatoms. The van der Waals surface area contributed by atoms with Gasteiger partial charge in [-0.1, -0.05) is 50.5 Å². The van der Waals surface area contributed by atoms with Gasteiger partial charge in [0.1, 0.15) is 0 Å². The molecule has 35 heavy (non-hydrogen) atoms. The van der Waals surface area contributed by atoms with Crippen molar-refractivity contribution in [3.05, 3.63) is 57.3 Å². The van der Waals surface area contributed by atoms with E-state index in [9.17, 15) is 9.59 Å². The molecule has 0 bridgehead atoms. The molecule has 0 unspecified atom stereocenters. The molecule has 1 saturated heterocycles. The maximum absolute atomic E-state index is 13.8. The smallest absolute Gasteiger partial charge is 0.239 e. The number of carbonyl (C=O) groups excluding carboxylic acids is 2. The van der Waals surface area contributed by atoms with Gasteiger partial charge in [-0.25, -0.2) is 0 Å². The first kappa shape index (κ1) is 25.9. The van der Waals surface area contributed by atoms with Crippen molar-refractivity contribution in [2.75, 3.05) is 32.7 Å². The maximum Gasteiger partial charge on any atom is 0.239 e. The van der Waals surface area contributed by atoms with E-state index in [-0.39, 0.29) is 23.9 Å². The Morgan fingerprint density at radius 3 is 2.54 bits per heavy atom. The van der Waals surface area contributed by atoms with E-state index >= 15 is 0 Å². The fraction of sp³-hybridized carbons (Fsp3) is 0.586. The van der Waals surface area contributed by atoms with Gasteiger partial charge in [-0.05, 0) is 61.2 Å². The summed E-state index contributed by atoms with van der Waals surface area (Å²) in [6.45, 7) is 10.1. The molecule has 0 spiro atoms. The van der Waals surface area contributed by atoms with Gasteiger partial charge in [0.2, 0.25) is 11.8 Å². The van der Waals surface area contributed by atoms with Crippen LogP contribution in [0.2, 0.25) is 0 Å². The van der Waals surface area contributed by atoms with Gasteiger partial charge in [-0.2, -0.15) is 0 Å². The van der Waals surface area contributed by atoms with Crippen LogP contribution >= 0.6 is 11.3 Å². The van der Waals surface area contributed by atoms with Crippen molar-refractivity contribution in [3.63, 3.8) is 0 Å².